The molecule has 1 amide bonds. The minimum absolute atomic E-state index is 0.0692. The number of thiophene rings is 1. The van der Waals surface area contributed by atoms with Crippen molar-refractivity contribution in [2.45, 2.75) is 6.92 Å². The Labute approximate surface area is 192 Å². The zero-order valence-electron chi connectivity index (χ0n) is 17.4. The first kappa shape index (κ1) is 21.9. The first-order valence-electron chi connectivity index (χ1n) is 9.84. The van der Waals surface area contributed by atoms with E-state index in [4.69, 9.17) is 4.74 Å². The number of nitro benzene ring substituents is 1. The van der Waals surface area contributed by atoms with Crippen LogP contribution in [-0.2, 0) is 9.53 Å². The van der Waals surface area contributed by atoms with E-state index in [0.29, 0.717) is 11.3 Å². The van der Waals surface area contributed by atoms with Crippen molar-refractivity contribution >= 4 is 34.6 Å². The molecule has 0 aliphatic heterocycles. The Morgan fingerprint density at radius 2 is 1.91 bits per heavy atom. The van der Waals surface area contributed by atoms with Crippen molar-refractivity contribution < 1.29 is 19.2 Å². The summed E-state index contributed by atoms with van der Waals surface area (Å²) in [5, 5.41) is 20.1. The van der Waals surface area contributed by atoms with Gasteiger partial charge in [0.25, 0.3) is 11.6 Å². The maximum Gasteiger partial charge on any atom is 0.342 e. The van der Waals surface area contributed by atoms with Crippen LogP contribution >= 0.6 is 11.3 Å². The summed E-state index contributed by atoms with van der Waals surface area (Å²) in [6.45, 7) is 1.03. The number of carbonyl (C=O) groups excluding carboxylic acids is 2. The largest absolute Gasteiger partial charge is 0.452 e. The molecule has 0 unspecified atom stereocenters. The molecule has 0 aliphatic carbocycles. The Morgan fingerprint density at radius 1 is 1.12 bits per heavy atom. The standard InChI is InChI=1S/C23H18N4O5S/c1-15-7-5-10-18(27(30)31)21(15)24-20(28)14-32-23(29)17-13-26(16-8-3-2-4-9-16)25-22(17)19-11-6-12-33-19/h2-13H,14H2,1H3,(H,24,28). The summed E-state index contributed by atoms with van der Waals surface area (Å²) in [5.41, 5.74) is 1.76. The van der Waals surface area contributed by atoms with Crippen LogP contribution in [0.4, 0.5) is 11.4 Å². The molecule has 1 N–H and O–H groups in total. The highest BCUT2D eigenvalue weighted by molar-refractivity contribution is 7.13. The quantitative estimate of drug-likeness (QED) is 0.243. The Balaban J connectivity index is 1.53. The van der Waals surface area contributed by atoms with Crippen LogP contribution in [0.3, 0.4) is 0 Å². The average molecular weight is 462 g/mol. The number of carbonyl (C=O) groups is 2. The number of anilines is 1. The molecular formula is C23H18N4O5S. The second-order valence-corrected chi connectivity index (χ2v) is 7.95. The molecule has 0 spiro atoms. The summed E-state index contributed by atoms with van der Waals surface area (Å²) in [6, 6.07) is 17.4. The maximum absolute atomic E-state index is 12.8. The number of nitro groups is 1. The summed E-state index contributed by atoms with van der Waals surface area (Å²) in [5.74, 6) is -1.41. The normalized spacial score (nSPS) is 10.6. The van der Waals surface area contributed by atoms with E-state index in [-0.39, 0.29) is 16.9 Å². The zero-order valence-corrected chi connectivity index (χ0v) is 18.2. The topological polar surface area (TPSA) is 116 Å². The summed E-state index contributed by atoms with van der Waals surface area (Å²) in [6.07, 6.45) is 1.55. The number of para-hydroxylation sites is 2. The van der Waals surface area contributed by atoms with Crippen LogP contribution in [0.25, 0.3) is 16.3 Å². The third-order valence-electron chi connectivity index (χ3n) is 4.76. The summed E-state index contributed by atoms with van der Waals surface area (Å²) >= 11 is 1.42. The van der Waals surface area contributed by atoms with Crippen LogP contribution in [0, 0.1) is 17.0 Å². The van der Waals surface area contributed by atoms with Gasteiger partial charge in [-0.3, -0.25) is 14.9 Å². The highest BCUT2D eigenvalue weighted by atomic mass is 32.1. The first-order chi connectivity index (χ1) is 15.9. The van der Waals surface area contributed by atoms with Gasteiger partial charge in [-0.25, -0.2) is 9.48 Å². The number of aryl methyl sites for hydroxylation is 1. The van der Waals surface area contributed by atoms with Crippen molar-refractivity contribution in [2.24, 2.45) is 0 Å². The Hall–Kier alpha value is -4.31. The van der Waals surface area contributed by atoms with Gasteiger partial charge in [-0.2, -0.15) is 5.10 Å². The van der Waals surface area contributed by atoms with Crippen LogP contribution in [0.2, 0.25) is 0 Å². The lowest BCUT2D eigenvalue weighted by Crippen LogP contribution is -2.22. The molecule has 4 rings (SSSR count). The molecule has 2 aromatic carbocycles. The number of ether oxygens (including phenoxy) is 1. The molecule has 10 heteroatoms. The van der Waals surface area contributed by atoms with Crippen LogP contribution in [0.15, 0.2) is 72.2 Å². The van der Waals surface area contributed by atoms with Crippen LogP contribution in [-0.4, -0.2) is 33.2 Å². The third-order valence-corrected chi connectivity index (χ3v) is 5.63. The maximum atomic E-state index is 12.8. The van der Waals surface area contributed by atoms with E-state index in [1.165, 1.54) is 23.5 Å². The third kappa shape index (κ3) is 4.80. The number of rotatable bonds is 7. The molecule has 2 heterocycles. The van der Waals surface area contributed by atoms with Gasteiger partial charge in [-0.1, -0.05) is 36.4 Å². The van der Waals surface area contributed by atoms with Gasteiger partial charge < -0.3 is 10.1 Å². The lowest BCUT2D eigenvalue weighted by Gasteiger charge is -2.09. The van der Waals surface area contributed by atoms with Gasteiger partial charge in [-0.05, 0) is 36.1 Å². The summed E-state index contributed by atoms with van der Waals surface area (Å²) in [4.78, 5) is 36.7. The van der Waals surface area contributed by atoms with Crippen LogP contribution in [0.1, 0.15) is 15.9 Å². The second kappa shape index (κ2) is 9.45. The monoisotopic (exact) mass is 462 g/mol. The lowest BCUT2D eigenvalue weighted by molar-refractivity contribution is -0.384. The van der Waals surface area contributed by atoms with E-state index in [2.05, 4.69) is 10.4 Å². The number of amides is 1. The fraction of sp³-hybridized carbons (Fsp3) is 0.0870. The van der Waals surface area contributed by atoms with Crippen LogP contribution < -0.4 is 5.32 Å². The van der Waals surface area contributed by atoms with Gasteiger partial charge in [0.15, 0.2) is 6.61 Å². The lowest BCUT2D eigenvalue weighted by atomic mass is 10.1. The van der Waals surface area contributed by atoms with E-state index in [9.17, 15) is 19.7 Å². The molecule has 0 bridgehead atoms. The summed E-state index contributed by atoms with van der Waals surface area (Å²) in [7, 11) is 0. The number of hydrogen-bond acceptors (Lipinski definition) is 7. The Kier molecular flexibility index (Phi) is 6.27. The Bertz CT molecular complexity index is 1320. The van der Waals surface area contributed by atoms with Crippen molar-refractivity contribution in [2.75, 3.05) is 11.9 Å². The van der Waals surface area contributed by atoms with Crippen molar-refractivity contribution in [3.8, 4) is 16.3 Å². The number of benzene rings is 2. The predicted molar refractivity (Wildman–Crippen MR) is 124 cm³/mol. The molecule has 33 heavy (non-hydrogen) atoms. The van der Waals surface area contributed by atoms with Crippen LogP contribution in [0.5, 0.6) is 0 Å². The molecule has 166 valence electrons. The van der Waals surface area contributed by atoms with Gasteiger partial charge in [0.1, 0.15) is 16.9 Å². The van der Waals surface area contributed by atoms with Gasteiger partial charge >= 0.3 is 5.97 Å². The minimum Gasteiger partial charge on any atom is -0.452 e. The number of nitrogens with one attached hydrogen (secondary N) is 1. The van der Waals surface area contributed by atoms with Crippen molar-refractivity contribution in [1.82, 2.24) is 9.78 Å². The molecule has 9 nitrogen and oxygen atoms in total. The van der Waals surface area contributed by atoms with E-state index in [0.717, 1.165) is 10.6 Å². The SMILES string of the molecule is Cc1cccc([N+](=O)[O-])c1NC(=O)COC(=O)c1cn(-c2ccccc2)nc1-c1cccs1. The van der Waals surface area contributed by atoms with Crippen molar-refractivity contribution in [3.05, 3.63) is 93.5 Å². The number of esters is 1. The molecule has 0 saturated heterocycles. The molecular weight excluding hydrogens is 444 g/mol. The van der Waals surface area contributed by atoms with E-state index in [1.807, 2.05) is 47.8 Å². The zero-order chi connectivity index (χ0) is 23.4. The minimum atomic E-state index is -0.727. The predicted octanol–water partition coefficient (Wildman–Crippen LogP) is 4.61. The second-order valence-electron chi connectivity index (χ2n) is 7.00. The van der Waals surface area contributed by atoms with Gasteiger partial charge in [0.2, 0.25) is 0 Å². The van der Waals surface area contributed by atoms with E-state index in [1.54, 1.807) is 23.9 Å². The highest BCUT2D eigenvalue weighted by Crippen LogP contribution is 2.29. The molecule has 0 radical (unpaired) electrons. The fourth-order valence-corrected chi connectivity index (χ4v) is 3.91. The number of aromatic nitrogens is 2. The van der Waals surface area contributed by atoms with Gasteiger partial charge in [-0.15, -0.1) is 11.3 Å². The molecule has 0 fully saturated rings. The molecule has 0 aliphatic rings. The molecule has 0 atom stereocenters. The van der Waals surface area contributed by atoms with Gasteiger partial charge in [0.05, 0.1) is 15.5 Å². The Morgan fingerprint density at radius 3 is 2.61 bits per heavy atom. The molecule has 0 saturated carbocycles. The number of hydrogen-bond donors (Lipinski definition) is 1. The van der Waals surface area contributed by atoms with E-state index < -0.39 is 23.4 Å². The molecule has 4 aromatic rings. The number of nitrogens with zero attached hydrogens (tertiary/aromatic N) is 3. The van der Waals surface area contributed by atoms with E-state index >= 15 is 0 Å². The van der Waals surface area contributed by atoms with Crippen molar-refractivity contribution in [3.63, 3.8) is 0 Å². The van der Waals surface area contributed by atoms with Gasteiger partial charge in [0, 0.05) is 12.3 Å². The average Bonchev–Trinajstić information content (AvgIpc) is 3.49. The van der Waals surface area contributed by atoms with Crippen molar-refractivity contribution in [1.29, 1.82) is 0 Å². The fourth-order valence-electron chi connectivity index (χ4n) is 3.18. The first-order valence-corrected chi connectivity index (χ1v) is 10.7. The summed E-state index contributed by atoms with van der Waals surface area (Å²) < 4.78 is 6.79. The highest BCUT2D eigenvalue weighted by Gasteiger charge is 2.23. The smallest absolute Gasteiger partial charge is 0.342 e. The molecule has 2 aromatic heterocycles.